The van der Waals surface area contributed by atoms with Crippen molar-refractivity contribution >= 4 is 17.2 Å². The van der Waals surface area contributed by atoms with Gasteiger partial charge in [0, 0.05) is 17.1 Å². The molecule has 3 nitrogen and oxygen atoms in total. The Kier molecular flexibility index (Phi) is 4.47. The van der Waals surface area contributed by atoms with E-state index in [9.17, 15) is 4.79 Å². The van der Waals surface area contributed by atoms with E-state index in [1.165, 1.54) is 0 Å². The molecule has 0 unspecified atom stereocenters. The quantitative estimate of drug-likeness (QED) is 0.783. The number of carbonyl (C=O) groups excluding carboxylic acids is 1. The Hall–Kier alpha value is -1.94. The zero-order valence-corrected chi connectivity index (χ0v) is 11.7. The van der Waals surface area contributed by atoms with E-state index in [-0.39, 0.29) is 5.91 Å². The molecule has 2 aromatic rings. The maximum Gasteiger partial charge on any atom is 0.273 e. The van der Waals surface area contributed by atoms with E-state index < -0.39 is 0 Å². The summed E-state index contributed by atoms with van der Waals surface area (Å²) in [4.78, 5) is 19.6. The molecule has 0 spiro atoms. The van der Waals surface area contributed by atoms with Crippen LogP contribution in [0.1, 0.15) is 21.1 Å². The molecule has 0 aliphatic heterocycles. The van der Waals surface area contributed by atoms with E-state index in [0.29, 0.717) is 18.8 Å². The summed E-state index contributed by atoms with van der Waals surface area (Å²) in [6.45, 7) is 6.71. The lowest BCUT2D eigenvalue weighted by atomic mass is 10.2. The summed E-state index contributed by atoms with van der Waals surface area (Å²) in [6.07, 6.45) is 1.74. The first-order chi connectivity index (χ1) is 9.20. The molecular formula is C15H16N2OS. The normalized spacial score (nSPS) is 10.2. The summed E-state index contributed by atoms with van der Waals surface area (Å²) >= 11 is 1.64. The first-order valence-corrected chi connectivity index (χ1v) is 6.95. The van der Waals surface area contributed by atoms with Gasteiger partial charge < -0.3 is 4.90 Å². The van der Waals surface area contributed by atoms with Gasteiger partial charge in [-0.05, 0) is 30.5 Å². The highest BCUT2D eigenvalue weighted by atomic mass is 32.1. The zero-order valence-electron chi connectivity index (χ0n) is 10.9. The lowest BCUT2D eigenvalue weighted by Gasteiger charge is -2.20. The van der Waals surface area contributed by atoms with Gasteiger partial charge in [-0.25, -0.2) is 4.98 Å². The third-order valence-corrected chi connectivity index (χ3v) is 3.53. The summed E-state index contributed by atoms with van der Waals surface area (Å²) in [5.41, 5.74) is 1.33. The van der Waals surface area contributed by atoms with Crippen LogP contribution in [-0.4, -0.2) is 22.3 Å². The molecule has 2 heterocycles. The Morgan fingerprint density at radius 1 is 1.42 bits per heavy atom. The molecule has 2 rings (SSSR count). The van der Waals surface area contributed by atoms with Gasteiger partial charge in [0.1, 0.15) is 5.69 Å². The molecular weight excluding hydrogens is 256 g/mol. The lowest BCUT2D eigenvalue weighted by Crippen LogP contribution is -2.31. The van der Waals surface area contributed by atoms with Crippen molar-refractivity contribution in [1.29, 1.82) is 0 Å². The van der Waals surface area contributed by atoms with Crippen molar-refractivity contribution in [3.8, 4) is 0 Å². The number of pyridine rings is 1. The van der Waals surface area contributed by atoms with Crippen LogP contribution < -0.4 is 0 Å². The van der Waals surface area contributed by atoms with Crippen LogP contribution in [0.15, 0.2) is 48.4 Å². The monoisotopic (exact) mass is 272 g/mol. The summed E-state index contributed by atoms with van der Waals surface area (Å²) in [5.74, 6) is -0.0583. The van der Waals surface area contributed by atoms with Crippen LogP contribution in [-0.2, 0) is 6.54 Å². The van der Waals surface area contributed by atoms with E-state index in [0.717, 1.165) is 10.6 Å². The van der Waals surface area contributed by atoms with Crippen LogP contribution in [0.2, 0.25) is 0 Å². The SMILES string of the molecule is C=CCN(Cc1cccs1)C(=O)c1cccc(C)n1. The van der Waals surface area contributed by atoms with E-state index >= 15 is 0 Å². The summed E-state index contributed by atoms with van der Waals surface area (Å²) in [7, 11) is 0. The minimum atomic E-state index is -0.0583. The standard InChI is InChI=1S/C15H16N2OS/c1-3-9-17(11-13-7-5-10-19-13)15(18)14-8-4-6-12(2)16-14/h3-8,10H,1,9,11H2,2H3. The third-order valence-electron chi connectivity index (χ3n) is 2.67. The Labute approximate surface area is 117 Å². The first kappa shape index (κ1) is 13.5. The smallest absolute Gasteiger partial charge is 0.273 e. The molecule has 0 aliphatic carbocycles. The third kappa shape index (κ3) is 3.51. The maximum atomic E-state index is 12.4. The van der Waals surface area contributed by atoms with Crippen molar-refractivity contribution in [3.05, 3.63) is 64.6 Å². The van der Waals surface area contributed by atoms with Gasteiger partial charge >= 0.3 is 0 Å². The second-order valence-corrected chi connectivity index (χ2v) is 5.25. The van der Waals surface area contributed by atoms with Gasteiger partial charge in [-0.15, -0.1) is 17.9 Å². The number of carbonyl (C=O) groups is 1. The van der Waals surface area contributed by atoms with Gasteiger partial charge in [0.15, 0.2) is 0 Å². The van der Waals surface area contributed by atoms with Gasteiger partial charge in [0.25, 0.3) is 5.91 Å². The molecule has 0 atom stereocenters. The number of hydrogen-bond acceptors (Lipinski definition) is 3. The van der Waals surface area contributed by atoms with Crippen LogP contribution in [0.5, 0.6) is 0 Å². The lowest BCUT2D eigenvalue weighted by molar-refractivity contribution is 0.0758. The fourth-order valence-corrected chi connectivity index (χ4v) is 2.51. The van der Waals surface area contributed by atoms with Crippen molar-refractivity contribution in [2.24, 2.45) is 0 Å². The minimum Gasteiger partial charge on any atom is -0.328 e. The molecule has 0 N–H and O–H groups in total. The van der Waals surface area contributed by atoms with Gasteiger partial charge in [0.05, 0.1) is 6.54 Å². The van der Waals surface area contributed by atoms with E-state index in [2.05, 4.69) is 11.6 Å². The van der Waals surface area contributed by atoms with E-state index in [1.807, 2.05) is 36.6 Å². The Balaban J connectivity index is 2.18. The average molecular weight is 272 g/mol. The summed E-state index contributed by atoms with van der Waals surface area (Å²) in [6, 6.07) is 9.50. The van der Waals surface area contributed by atoms with Crippen LogP contribution in [0.3, 0.4) is 0 Å². The molecule has 0 aromatic carbocycles. The predicted molar refractivity (Wildman–Crippen MR) is 78.2 cm³/mol. The van der Waals surface area contributed by atoms with Gasteiger partial charge in [-0.3, -0.25) is 4.79 Å². The van der Waals surface area contributed by atoms with E-state index in [4.69, 9.17) is 0 Å². The molecule has 98 valence electrons. The number of amides is 1. The highest BCUT2D eigenvalue weighted by Crippen LogP contribution is 2.14. The van der Waals surface area contributed by atoms with Crippen molar-refractivity contribution < 1.29 is 4.79 Å². The second kappa shape index (κ2) is 6.29. The first-order valence-electron chi connectivity index (χ1n) is 6.07. The van der Waals surface area contributed by atoms with Gasteiger partial charge in [-0.1, -0.05) is 18.2 Å². The predicted octanol–water partition coefficient (Wildman–Crippen LogP) is 3.28. The number of aromatic nitrogens is 1. The van der Waals surface area contributed by atoms with Crippen molar-refractivity contribution in [1.82, 2.24) is 9.88 Å². The highest BCUT2D eigenvalue weighted by molar-refractivity contribution is 7.09. The molecule has 0 fully saturated rings. The van der Waals surface area contributed by atoms with Crippen LogP contribution in [0.4, 0.5) is 0 Å². The number of rotatable bonds is 5. The molecule has 0 saturated heterocycles. The molecule has 0 bridgehead atoms. The zero-order chi connectivity index (χ0) is 13.7. The van der Waals surface area contributed by atoms with Crippen LogP contribution in [0.25, 0.3) is 0 Å². The molecule has 0 radical (unpaired) electrons. The average Bonchev–Trinajstić information content (AvgIpc) is 2.90. The van der Waals surface area contributed by atoms with Gasteiger partial charge in [-0.2, -0.15) is 0 Å². The van der Waals surface area contributed by atoms with Crippen LogP contribution >= 0.6 is 11.3 Å². The largest absolute Gasteiger partial charge is 0.328 e. The summed E-state index contributed by atoms with van der Waals surface area (Å²) < 4.78 is 0. The Bertz CT molecular complexity index is 563. The summed E-state index contributed by atoms with van der Waals surface area (Å²) in [5, 5.41) is 2.01. The highest BCUT2D eigenvalue weighted by Gasteiger charge is 2.16. The molecule has 1 amide bonds. The molecule has 4 heteroatoms. The topological polar surface area (TPSA) is 33.2 Å². The number of aryl methyl sites for hydroxylation is 1. The minimum absolute atomic E-state index is 0.0583. The molecule has 0 aliphatic rings. The molecule has 19 heavy (non-hydrogen) atoms. The van der Waals surface area contributed by atoms with Crippen molar-refractivity contribution in [3.63, 3.8) is 0 Å². The van der Waals surface area contributed by atoms with Crippen molar-refractivity contribution in [2.75, 3.05) is 6.54 Å². The fourth-order valence-electron chi connectivity index (χ4n) is 1.79. The number of hydrogen-bond donors (Lipinski definition) is 0. The second-order valence-electron chi connectivity index (χ2n) is 4.22. The van der Waals surface area contributed by atoms with Gasteiger partial charge in [0.2, 0.25) is 0 Å². The molecule has 0 saturated carbocycles. The van der Waals surface area contributed by atoms with Crippen LogP contribution in [0, 0.1) is 6.92 Å². The number of nitrogens with zero attached hydrogens (tertiary/aromatic N) is 2. The Morgan fingerprint density at radius 2 is 2.26 bits per heavy atom. The number of thiophene rings is 1. The van der Waals surface area contributed by atoms with Crippen molar-refractivity contribution in [2.45, 2.75) is 13.5 Å². The van der Waals surface area contributed by atoms with E-state index in [1.54, 1.807) is 28.4 Å². The fraction of sp³-hybridized carbons (Fsp3) is 0.200. The molecule has 2 aromatic heterocycles. The Morgan fingerprint density at radius 3 is 2.89 bits per heavy atom. The maximum absolute atomic E-state index is 12.4.